The fourth-order valence-electron chi connectivity index (χ4n) is 2.62. The fourth-order valence-corrected chi connectivity index (χ4v) is 2.62. The van der Waals surface area contributed by atoms with Crippen molar-refractivity contribution in [1.82, 2.24) is 4.90 Å². The average Bonchev–Trinajstić information content (AvgIpc) is 2.39. The molecule has 0 spiro atoms. The lowest BCUT2D eigenvalue weighted by Crippen LogP contribution is -2.50. The summed E-state index contributed by atoms with van der Waals surface area (Å²) in [6, 6.07) is 3.67. The van der Waals surface area contributed by atoms with Gasteiger partial charge in [-0.05, 0) is 38.6 Å². The molecule has 0 bridgehead atoms. The van der Waals surface area contributed by atoms with Crippen LogP contribution in [0.3, 0.4) is 0 Å². The van der Waals surface area contributed by atoms with Gasteiger partial charge >= 0.3 is 0 Å². The van der Waals surface area contributed by atoms with Crippen LogP contribution in [0.1, 0.15) is 45.8 Å². The molecule has 1 rings (SSSR count). The summed E-state index contributed by atoms with van der Waals surface area (Å²) in [5.74, 6) is -1.39. The van der Waals surface area contributed by atoms with Crippen molar-refractivity contribution in [3.63, 3.8) is 0 Å². The molecule has 2 atom stereocenters. The fraction of sp³-hybridized carbons (Fsp3) is 0.600. The highest BCUT2D eigenvalue weighted by molar-refractivity contribution is 5.25. The minimum absolute atomic E-state index is 0.237. The van der Waals surface area contributed by atoms with Crippen molar-refractivity contribution in [2.24, 2.45) is 0 Å². The summed E-state index contributed by atoms with van der Waals surface area (Å²) >= 11 is 0. The van der Waals surface area contributed by atoms with E-state index in [0.717, 1.165) is 0 Å². The van der Waals surface area contributed by atoms with E-state index < -0.39 is 23.3 Å². The molecule has 2 unspecified atom stereocenters. The van der Waals surface area contributed by atoms with Gasteiger partial charge in [0.1, 0.15) is 17.7 Å². The van der Waals surface area contributed by atoms with Crippen LogP contribution in [0.5, 0.6) is 0 Å². The standard InChI is InChI=1S/C15H23F2NO/c1-5-15(4,18(6-2)7-3)14(19)13-11(16)9-8-10-12(13)17/h8-10,14,19H,5-7H2,1-4H3. The zero-order chi connectivity index (χ0) is 14.6. The molecule has 1 aromatic carbocycles. The van der Waals surface area contributed by atoms with Crippen molar-refractivity contribution < 1.29 is 13.9 Å². The van der Waals surface area contributed by atoms with E-state index in [-0.39, 0.29) is 5.56 Å². The first-order valence-electron chi connectivity index (χ1n) is 6.79. The van der Waals surface area contributed by atoms with E-state index in [4.69, 9.17) is 0 Å². The Morgan fingerprint density at radius 2 is 1.63 bits per heavy atom. The normalized spacial score (nSPS) is 16.4. The van der Waals surface area contributed by atoms with Gasteiger partial charge in [0.15, 0.2) is 0 Å². The number of nitrogens with zero attached hydrogens (tertiary/aromatic N) is 1. The van der Waals surface area contributed by atoms with Crippen LogP contribution in [0.4, 0.5) is 8.78 Å². The highest BCUT2D eigenvalue weighted by Crippen LogP contribution is 2.36. The Kier molecular flexibility index (Phi) is 5.44. The lowest BCUT2D eigenvalue weighted by Gasteiger charge is -2.43. The Balaban J connectivity index is 3.25. The first-order valence-corrected chi connectivity index (χ1v) is 6.79. The molecule has 2 nitrogen and oxygen atoms in total. The first-order chi connectivity index (χ1) is 8.92. The van der Waals surface area contributed by atoms with Gasteiger partial charge in [-0.3, -0.25) is 4.90 Å². The third-order valence-electron chi connectivity index (χ3n) is 4.06. The smallest absolute Gasteiger partial charge is 0.132 e. The van der Waals surface area contributed by atoms with E-state index in [0.29, 0.717) is 19.5 Å². The number of halogens is 2. The van der Waals surface area contributed by atoms with Gasteiger partial charge in [-0.2, -0.15) is 0 Å². The van der Waals surface area contributed by atoms with Gasteiger partial charge in [0.2, 0.25) is 0 Å². The summed E-state index contributed by atoms with van der Waals surface area (Å²) in [5.41, 5.74) is -0.925. The predicted octanol–water partition coefficient (Wildman–Crippen LogP) is 3.51. The first kappa shape index (κ1) is 16.1. The maximum absolute atomic E-state index is 13.8. The molecule has 0 heterocycles. The monoisotopic (exact) mass is 271 g/mol. The van der Waals surface area contributed by atoms with Gasteiger partial charge in [-0.15, -0.1) is 0 Å². The Bertz CT molecular complexity index is 400. The number of benzene rings is 1. The average molecular weight is 271 g/mol. The van der Waals surface area contributed by atoms with Gasteiger partial charge < -0.3 is 5.11 Å². The second-order valence-corrected chi connectivity index (χ2v) is 4.92. The molecule has 0 saturated heterocycles. The summed E-state index contributed by atoms with van der Waals surface area (Å²) in [4.78, 5) is 2.03. The van der Waals surface area contributed by atoms with Gasteiger partial charge in [-0.25, -0.2) is 8.78 Å². The number of aliphatic hydroxyl groups excluding tert-OH is 1. The molecule has 0 aliphatic rings. The van der Waals surface area contributed by atoms with Gasteiger partial charge in [0.25, 0.3) is 0 Å². The number of rotatable bonds is 6. The molecular weight excluding hydrogens is 248 g/mol. The van der Waals surface area contributed by atoms with E-state index >= 15 is 0 Å². The van der Waals surface area contributed by atoms with Crippen LogP contribution in [-0.2, 0) is 0 Å². The Hall–Kier alpha value is -1.00. The zero-order valence-corrected chi connectivity index (χ0v) is 12.1. The molecule has 0 amide bonds. The van der Waals surface area contributed by atoms with E-state index in [1.165, 1.54) is 18.2 Å². The molecular formula is C15H23F2NO. The Morgan fingerprint density at radius 3 is 2.00 bits per heavy atom. The molecule has 0 saturated carbocycles. The molecule has 0 aromatic heterocycles. The van der Waals surface area contributed by atoms with Gasteiger partial charge in [0, 0.05) is 5.54 Å². The lowest BCUT2D eigenvalue weighted by atomic mass is 9.84. The van der Waals surface area contributed by atoms with Crippen molar-refractivity contribution in [2.75, 3.05) is 13.1 Å². The predicted molar refractivity (Wildman–Crippen MR) is 72.9 cm³/mol. The van der Waals surface area contributed by atoms with E-state index in [9.17, 15) is 13.9 Å². The van der Waals surface area contributed by atoms with Crippen LogP contribution in [0.2, 0.25) is 0 Å². The highest BCUT2D eigenvalue weighted by atomic mass is 19.1. The quantitative estimate of drug-likeness (QED) is 0.856. The molecule has 1 N–H and O–H groups in total. The summed E-state index contributed by atoms with van der Waals surface area (Å²) in [5, 5.41) is 10.5. The maximum Gasteiger partial charge on any atom is 0.132 e. The molecule has 4 heteroatoms. The van der Waals surface area contributed by atoms with Crippen molar-refractivity contribution in [3.05, 3.63) is 35.4 Å². The minimum atomic E-state index is -1.20. The van der Waals surface area contributed by atoms with Crippen molar-refractivity contribution in [3.8, 4) is 0 Å². The van der Waals surface area contributed by atoms with Crippen molar-refractivity contribution in [2.45, 2.75) is 45.8 Å². The molecule has 108 valence electrons. The van der Waals surface area contributed by atoms with E-state index in [1.54, 1.807) is 0 Å². The largest absolute Gasteiger partial charge is 0.386 e. The molecule has 19 heavy (non-hydrogen) atoms. The van der Waals surface area contributed by atoms with Crippen molar-refractivity contribution >= 4 is 0 Å². The number of likely N-dealkylation sites (N-methyl/N-ethyl adjacent to an activating group) is 1. The molecule has 1 aromatic rings. The van der Waals surface area contributed by atoms with Crippen LogP contribution in [0.25, 0.3) is 0 Å². The minimum Gasteiger partial charge on any atom is -0.386 e. The van der Waals surface area contributed by atoms with Crippen LogP contribution in [-0.4, -0.2) is 28.6 Å². The maximum atomic E-state index is 13.8. The summed E-state index contributed by atoms with van der Waals surface area (Å²) in [6.07, 6.45) is -0.595. The van der Waals surface area contributed by atoms with E-state index in [1.807, 2.05) is 32.6 Å². The SMILES string of the molecule is CCN(CC)C(C)(CC)C(O)c1c(F)cccc1F. The second-order valence-electron chi connectivity index (χ2n) is 4.92. The molecule has 0 fully saturated rings. The Labute approximate surface area is 114 Å². The number of hydrogen-bond acceptors (Lipinski definition) is 2. The third kappa shape index (κ3) is 2.95. The summed E-state index contributed by atoms with van der Waals surface area (Å²) in [6.45, 7) is 9.14. The highest BCUT2D eigenvalue weighted by Gasteiger charge is 2.39. The molecule has 0 aliphatic carbocycles. The van der Waals surface area contributed by atoms with Crippen molar-refractivity contribution in [1.29, 1.82) is 0 Å². The number of aliphatic hydroxyl groups is 1. The van der Waals surface area contributed by atoms with Crippen LogP contribution in [0, 0.1) is 11.6 Å². The van der Waals surface area contributed by atoms with Gasteiger partial charge in [0.05, 0.1) is 5.56 Å². The van der Waals surface area contributed by atoms with Crippen LogP contribution >= 0.6 is 0 Å². The van der Waals surface area contributed by atoms with Crippen LogP contribution in [0.15, 0.2) is 18.2 Å². The van der Waals surface area contributed by atoms with Crippen LogP contribution < -0.4 is 0 Å². The topological polar surface area (TPSA) is 23.5 Å². The molecule has 0 radical (unpaired) electrons. The van der Waals surface area contributed by atoms with Gasteiger partial charge in [-0.1, -0.05) is 26.8 Å². The van der Waals surface area contributed by atoms with E-state index in [2.05, 4.69) is 0 Å². The molecule has 0 aliphatic heterocycles. The Morgan fingerprint density at radius 1 is 1.16 bits per heavy atom. The second kappa shape index (κ2) is 6.44. The summed E-state index contributed by atoms with van der Waals surface area (Å²) < 4.78 is 27.6. The zero-order valence-electron chi connectivity index (χ0n) is 12.1. The summed E-state index contributed by atoms with van der Waals surface area (Å²) in [7, 11) is 0. The third-order valence-corrected chi connectivity index (χ3v) is 4.06. The number of hydrogen-bond donors (Lipinski definition) is 1. The lowest BCUT2D eigenvalue weighted by molar-refractivity contribution is -0.0249.